The molecule has 21 heavy (non-hydrogen) atoms. The largest absolute Gasteiger partial charge is 0.493 e. The monoisotopic (exact) mass is 315 g/mol. The first-order valence-corrected chi connectivity index (χ1v) is 8.69. The van der Waals surface area contributed by atoms with Crippen molar-refractivity contribution < 1.29 is 18.3 Å². The molecule has 1 N–H and O–H groups in total. The van der Waals surface area contributed by atoms with Gasteiger partial charge in [-0.25, -0.2) is 8.42 Å². The van der Waals surface area contributed by atoms with Gasteiger partial charge in [0.05, 0.1) is 18.1 Å². The van der Waals surface area contributed by atoms with Crippen LogP contribution in [0.1, 0.15) is 27.2 Å². The second-order valence-corrected chi connectivity index (χ2v) is 7.24. The maximum atomic E-state index is 12.5. The Morgan fingerprint density at radius 3 is 2.29 bits per heavy atom. The summed E-state index contributed by atoms with van der Waals surface area (Å²) in [6.45, 7) is 6.93. The van der Waals surface area contributed by atoms with E-state index in [4.69, 9.17) is 9.84 Å². The van der Waals surface area contributed by atoms with Gasteiger partial charge in [-0.1, -0.05) is 20.8 Å². The topological polar surface area (TPSA) is 66.8 Å². The molecule has 0 saturated heterocycles. The van der Waals surface area contributed by atoms with Crippen molar-refractivity contribution >= 4 is 10.0 Å². The van der Waals surface area contributed by atoms with Crippen LogP contribution in [0.3, 0.4) is 0 Å². The maximum Gasteiger partial charge on any atom is 0.243 e. The van der Waals surface area contributed by atoms with Crippen LogP contribution in [0.25, 0.3) is 0 Å². The fraction of sp³-hybridized carbons (Fsp3) is 0.600. The summed E-state index contributed by atoms with van der Waals surface area (Å²) in [5.41, 5.74) is 0. The molecule has 0 radical (unpaired) electrons. The highest BCUT2D eigenvalue weighted by Crippen LogP contribution is 2.20. The van der Waals surface area contributed by atoms with Gasteiger partial charge < -0.3 is 9.84 Å². The third kappa shape index (κ3) is 5.30. The van der Waals surface area contributed by atoms with Gasteiger partial charge in [0.25, 0.3) is 0 Å². The zero-order chi connectivity index (χ0) is 15.9. The Bertz CT molecular complexity index is 505. The van der Waals surface area contributed by atoms with Gasteiger partial charge in [-0.3, -0.25) is 0 Å². The molecule has 0 saturated carbocycles. The molecular formula is C15H25NO4S. The van der Waals surface area contributed by atoms with E-state index >= 15 is 0 Å². The van der Waals surface area contributed by atoms with Crippen LogP contribution in [-0.2, 0) is 10.0 Å². The first-order chi connectivity index (χ1) is 9.91. The number of ether oxygens (including phenoxy) is 1. The number of benzene rings is 1. The van der Waals surface area contributed by atoms with Crippen molar-refractivity contribution in [2.45, 2.75) is 32.1 Å². The van der Waals surface area contributed by atoms with Crippen LogP contribution in [0, 0.1) is 5.92 Å². The van der Waals surface area contributed by atoms with Gasteiger partial charge in [0.2, 0.25) is 10.0 Å². The van der Waals surface area contributed by atoms with Crippen molar-refractivity contribution in [3.05, 3.63) is 24.3 Å². The molecule has 0 atom stereocenters. The predicted molar refractivity (Wildman–Crippen MR) is 82.9 cm³/mol. The molecule has 0 heterocycles. The van der Waals surface area contributed by atoms with Gasteiger partial charge in [0.15, 0.2) is 0 Å². The highest BCUT2D eigenvalue weighted by Gasteiger charge is 2.23. The van der Waals surface area contributed by atoms with Crippen molar-refractivity contribution in [1.29, 1.82) is 0 Å². The summed E-state index contributed by atoms with van der Waals surface area (Å²) in [7, 11) is -3.56. The van der Waals surface area contributed by atoms with Crippen LogP contribution in [0.2, 0.25) is 0 Å². The molecule has 1 aromatic carbocycles. The highest BCUT2D eigenvalue weighted by atomic mass is 32.2. The van der Waals surface area contributed by atoms with Crippen LogP contribution >= 0.6 is 0 Å². The van der Waals surface area contributed by atoms with Gasteiger partial charge >= 0.3 is 0 Å². The number of hydrogen-bond donors (Lipinski definition) is 1. The summed E-state index contributed by atoms with van der Waals surface area (Å²) in [6.07, 6.45) is 0.703. The molecule has 0 spiro atoms. The molecule has 0 bridgehead atoms. The number of sulfonamides is 1. The van der Waals surface area contributed by atoms with Crippen molar-refractivity contribution in [1.82, 2.24) is 4.31 Å². The molecule has 1 aromatic rings. The SMILES string of the molecule is CCCN(CCO)S(=O)(=O)c1ccc(OCC(C)C)cc1. The third-order valence-corrected chi connectivity index (χ3v) is 4.78. The van der Waals surface area contributed by atoms with Crippen LogP contribution in [0.4, 0.5) is 0 Å². The van der Waals surface area contributed by atoms with Crippen molar-refractivity contribution in [2.75, 3.05) is 26.3 Å². The van der Waals surface area contributed by atoms with E-state index in [0.29, 0.717) is 31.2 Å². The molecule has 0 aromatic heterocycles. The first-order valence-electron chi connectivity index (χ1n) is 7.25. The smallest absolute Gasteiger partial charge is 0.243 e. The quantitative estimate of drug-likeness (QED) is 0.758. The summed E-state index contributed by atoms with van der Waals surface area (Å²) >= 11 is 0. The molecule has 0 amide bonds. The minimum absolute atomic E-state index is 0.113. The second-order valence-electron chi connectivity index (χ2n) is 5.30. The standard InChI is InChI=1S/C15H25NO4S/c1-4-9-16(10-11-17)21(18,19)15-7-5-14(6-8-15)20-12-13(2)3/h5-8,13,17H,4,9-12H2,1-3H3. The predicted octanol–water partition coefficient (Wildman–Crippen LogP) is 2.11. The Balaban J connectivity index is 2.87. The van der Waals surface area contributed by atoms with E-state index < -0.39 is 10.0 Å². The van der Waals surface area contributed by atoms with Gasteiger partial charge in [0, 0.05) is 13.1 Å². The van der Waals surface area contributed by atoms with E-state index in [1.807, 2.05) is 6.92 Å². The average Bonchev–Trinajstić information content (AvgIpc) is 2.45. The summed E-state index contributed by atoms with van der Waals surface area (Å²) in [4.78, 5) is 0.223. The number of nitrogens with zero attached hydrogens (tertiary/aromatic N) is 1. The summed E-state index contributed by atoms with van der Waals surface area (Å²) in [5.74, 6) is 1.07. The van der Waals surface area contributed by atoms with Gasteiger partial charge in [-0.05, 0) is 36.6 Å². The van der Waals surface area contributed by atoms with Gasteiger partial charge in [-0.2, -0.15) is 4.31 Å². The summed E-state index contributed by atoms with van der Waals surface area (Å²) < 4.78 is 31.8. The Hall–Kier alpha value is -1.11. The molecule has 0 unspecified atom stereocenters. The fourth-order valence-electron chi connectivity index (χ4n) is 1.83. The minimum atomic E-state index is -3.56. The lowest BCUT2D eigenvalue weighted by atomic mass is 10.2. The van der Waals surface area contributed by atoms with Crippen molar-refractivity contribution in [2.24, 2.45) is 5.92 Å². The highest BCUT2D eigenvalue weighted by molar-refractivity contribution is 7.89. The zero-order valence-corrected chi connectivity index (χ0v) is 13.8. The van der Waals surface area contributed by atoms with Gasteiger partial charge in [0.1, 0.15) is 5.75 Å². The lowest BCUT2D eigenvalue weighted by molar-refractivity contribution is 0.253. The minimum Gasteiger partial charge on any atom is -0.493 e. The van der Waals surface area contributed by atoms with Crippen molar-refractivity contribution in [3.63, 3.8) is 0 Å². The lowest BCUT2D eigenvalue weighted by Crippen LogP contribution is -2.34. The number of aliphatic hydroxyl groups is 1. The molecule has 5 nitrogen and oxygen atoms in total. The van der Waals surface area contributed by atoms with Crippen LogP contribution in [-0.4, -0.2) is 44.1 Å². The maximum absolute atomic E-state index is 12.5. The molecule has 120 valence electrons. The van der Waals surface area contributed by atoms with Gasteiger partial charge in [-0.15, -0.1) is 0 Å². The first kappa shape index (κ1) is 17.9. The molecular weight excluding hydrogens is 290 g/mol. The van der Waals surface area contributed by atoms with E-state index in [0.717, 1.165) is 0 Å². The fourth-order valence-corrected chi connectivity index (χ4v) is 3.36. The molecule has 0 fully saturated rings. The molecule has 0 aliphatic heterocycles. The van der Waals surface area contributed by atoms with E-state index in [1.54, 1.807) is 24.3 Å². The van der Waals surface area contributed by atoms with Crippen LogP contribution in [0.15, 0.2) is 29.2 Å². The average molecular weight is 315 g/mol. The molecule has 0 aliphatic carbocycles. The Kier molecular flexibility index (Phi) is 7.14. The number of hydrogen-bond acceptors (Lipinski definition) is 4. The lowest BCUT2D eigenvalue weighted by Gasteiger charge is -2.20. The molecule has 6 heteroatoms. The summed E-state index contributed by atoms with van der Waals surface area (Å²) in [5, 5.41) is 9.01. The van der Waals surface area contributed by atoms with E-state index in [-0.39, 0.29) is 18.0 Å². The van der Waals surface area contributed by atoms with Crippen LogP contribution in [0.5, 0.6) is 5.75 Å². The second kappa shape index (κ2) is 8.36. The molecule has 0 aliphatic rings. The van der Waals surface area contributed by atoms with E-state index in [2.05, 4.69) is 13.8 Å². The Morgan fingerprint density at radius 1 is 1.19 bits per heavy atom. The Labute approximate surface area is 127 Å². The van der Waals surface area contributed by atoms with Crippen LogP contribution < -0.4 is 4.74 Å². The molecule has 1 rings (SSSR count). The summed E-state index contributed by atoms with van der Waals surface area (Å²) in [6, 6.07) is 6.42. The third-order valence-electron chi connectivity index (χ3n) is 2.87. The van der Waals surface area contributed by atoms with E-state index in [1.165, 1.54) is 4.31 Å². The normalized spacial score (nSPS) is 12.1. The van der Waals surface area contributed by atoms with Crippen molar-refractivity contribution in [3.8, 4) is 5.75 Å². The van der Waals surface area contributed by atoms with E-state index in [9.17, 15) is 8.42 Å². The number of aliphatic hydroxyl groups excluding tert-OH is 1. The number of rotatable bonds is 9. The Morgan fingerprint density at radius 2 is 1.81 bits per heavy atom. The zero-order valence-electron chi connectivity index (χ0n) is 12.9.